The van der Waals surface area contributed by atoms with Crippen molar-refractivity contribution in [3.05, 3.63) is 75.0 Å². The van der Waals surface area contributed by atoms with Gasteiger partial charge in [0, 0.05) is 42.1 Å². The second kappa shape index (κ2) is 11.0. The lowest BCUT2D eigenvalue weighted by Crippen LogP contribution is -2.27. The Morgan fingerprint density at radius 2 is 1.89 bits per heavy atom. The molecule has 1 N–H and O–H groups in total. The summed E-state index contributed by atoms with van der Waals surface area (Å²) >= 11 is 12.6. The first kappa shape index (κ1) is 26.1. The van der Waals surface area contributed by atoms with Crippen molar-refractivity contribution in [3.63, 3.8) is 0 Å². The van der Waals surface area contributed by atoms with Gasteiger partial charge in [0.15, 0.2) is 10.9 Å². The van der Waals surface area contributed by atoms with Crippen molar-refractivity contribution >= 4 is 66.5 Å². The third-order valence-corrected chi connectivity index (χ3v) is 8.23. The summed E-state index contributed by atoms with van der Waals surface area (Å²) in [6, 6.07) is 9.76. The highest BCUT2D eigenvalue weighted by Crippen LogP contribution is 2.42. The fourth-order valence-corrected chi connectivity index (χ4v) is 6.61. The minimum atomic E-state index is -4.51. The van der Waals surface area contributed by atoms with E-state index < -0.39 is 20.3 Å². The molecule has 1 unspecified atom stereocenters. The summed E-state index contributed by atoms with van der Waals surface area (Å²) < 4.78 is 32.8. The van der Waals surface area contributed by atoms with Crippen LogP contribution in [0.3, 0.4) is 0 Å². The van der Waals surface area contributed by atoms with E-state index in [1.807, 2.05) is 4.90 Å². The second-order valence-electron chi connectivity index (χ2n) is 7.71. The maximum absolute atomic E-state index is 13.7. The zero-order valence-corrected chi connectivity index (χ0v) is 22.1. The molecule has 36 heavy (non-hydrogen) atoms. The molecule has 0 bridgehead atoms. The number of aryl methyl sites for hydroxylation is 1. The van der Waals surface area contributed by atoms with Gasteiger partial charge in [-0.15, -0.1) is 23.2 Å². The van der Waals surface area contributed by atoms with Crippen molar-refractivity contribution in [2.75, 3.05) is 29.7 Å². The first-order valence-corrected chi connectivity index (χ1v) is 14.1. The molecule has 0 fully saturated rings. The highest BCUT2D eigenvalue weighted by Gasteiger charge is 2.41. The molecule has 3 heterocycles. The SMILES string of the molecule is Cc1csc([N+](=O)[O-])c1C(c1nc2ncccc2[nH]1)S(=O)(=O)Oc1ccc(N(CCCl)CCCl)cc1. The molecule has 0 amide bonds. The molecule has 10 nitrogen and oxygen atoms in total. The summed E-state index contributed by atoms with van der Waals surface area (Å²) in [5.74, 6) is 0.817. The molecule has 0 spiro atoms. The Balaban J connectivity index is 1.75. The van der Waals surface area contributed by atoms with Gasteiger partial charge in [-0.05, 0) is 48.9 Å². The molecule has 4 rings (SSSR count). The Morgan fingerprint density at radius 3 is 2.50 bits per heavy atom. The maximum atomic E-state index is 13.7. The number of hydrogen-bond acceptors (Lipinski definition) is 9. The summed E-state index contributed by atoms with van der Waals surface area (Å²) in [5, 5.41) is 11.4. The molecule has 1 aromatic carbocycles. The number of nitrogens with zero attached hydrogens (tertiary/aromatic N) is 4. The molecule has 0 saturated heterocycles. The van der Waals surface area contributed by atoms with Crippen LogP contribution in [0, 0.1) is 17.0 Å². The largest absolute Gasteiger partial charge is 0.382 e. The van der Waals surface area contributed by atoms with E-state index in [4.69, 9.17) is 27.4 Å². The molecule has 0 aliphatic carbocycles. The number of fused-ring (bicyclic) bond motifs is 1. The van der Waals surface area contributed by atoms with Crippen LogP contribution in [0.15, 0.2) is 48.0 Å². The highest BCUT2D eigenvalue weighted by molar-refractivity contribution is 7.87. The average molecular weight is 570 g/mol. The van der Waals surface area contributed by atoms with E-state index in [0.29, 0.717) is 35.9 Å². The van der Waals surface area contributed by atoms with E-state index in [9.17, 15) is 18.5 Å². The third-order valence-electron chi connectivity index (χ3n) is 5.37. The molecule has 0 aliphatic heterocycles. The number of nitro groups is 1. The number of rotatable bonds is 11. The number of hydrogen-bond donors (Lipinski definition) is 1. The molecule has 14 heteroatoms. The van der Waals surface area contributed by atoms with Gasteiger partial charge < -0.3 is 14.1 Å². The van der Waals surface area contributed by atoms with Gasteiger partial charge in [0.1, 0.15) is 11.6 Å². The molecule has 0 aliphatic rings. The molecule has 0 saturated carbocycles. The van der Waals surface area contributed by atoms with Crippen LogP contribution in [0.4, 0.5) is 10.7 Å². The molecule has 4 aromatic rings. The molecular formula is C22H21Cl2N5O5S2. The van der Waals surface area contributed by atoms with Crippen LogP contribution >= 0.6 is 34.5 Å². The van der Waals surface area contributed by atoms with Crippen LogP contribution in [0.25, 0.3) is 11.2 Å². The minimum Gasteiger partial charge on any atom is -0.382 e. The Kier molecular flexibility index (Phi) is 7.98. The highest BCUT2D eigenvalue weighted by atomic mass is 35.5. The minimum absolute atomic E-state index is 0.00363. The van der Waals surface area contributed by atoms with Crippen molar-refractivity contribution in [1.29, 1.82) is 0 Å². The first-order chi connectivity index (χ1) is 17.2. The zero-order valence-electron chi connectivity index (χ0n) is 18.9. The number of thiophene rings is 1. The Bertz CT molecular complexity index is 1430. The average Bonchev–Trinajstić information content (AvgIpc) is 3.43. The molecule has 190 valence electrons. The number of aromatic amines is 1. The monoisotopic (exact) mass is 569 g/mol. The summed E-state index contributed by atoms with van der Waals surface area (Å²) in [6.07, 6.45) is 1.52. The molecule has 0 radical (unpaired) electrons. The van der Waals surface area contributed by atoms with Crippen molar-refractivity contribution in [1.82, 2.24) is 15.0 Å². The summed E-state index contributed by atoms with van der Waals surface area (Å²) in [4.78, 5) is 24.5. The summed E-state index contributed by atoms with van der Waals surface area (Å²) in [7, 11) is -4.51. The first-order valence-electron chi connectivity index (χ1n) is 10.7. The van der Waals surface area contributed by atoms with E-state index in [2.05, 4.69) is 15.0 Å². The van der Waals surface area contributed by atoms with Gasteiger partial charge in [-0.3, -0.25) is 10.1 Å². The lowest BCUT2D eigenvalue weighted by Gasteiger charge is -2.23. The fraction of sp³-hybridized carbons (Fsp3) is 0.273. The number of anilines is 1. The number of imidazole rings is 1. The van der Waals surface area contributed by atoms with Gasteiger partial charge >= 0.3 is 15.1 Å². The van der Waals surface area contributed by atoms with E-state index in [1.165, 1.54) is 23.7 Å². The van der Waals surface area contributed by atoms with Gasteiger partial charge in [-0.2, -0.15) is 8.42 Å². The van der Waals surface area contributed by atoms with Crippen LogP contribution in [0.2, 0.25) is 0 Å². The fourth-order valence-electron chi connectivity index (χ4n) is 3.77. The van der Waals surface area contributed by atoms with Crippen LogP contribution in [0.5, 0.6) is 5.75 Å². The third kappa shape index (κ3) is 5.41. The van der Waals surface area contributed by atoms with Crippen molar-refractivity contribution in [2.24, 2.45) is 0 Å². The predicted octanol–water partition coefficient (Wildman–Crippen LogP) is 5.02. The van der Waals surface area contributed by atoms with Crippen LogP contribution < -0.4 is 9.08 Å². The van der Waals surface area contributed by atoms with Gasteiger partial charge in [-0.25, -0.2) is 9.97 Å². The number of alkyl halides is 2. The van der Waals surface area contributed by atoms with E-state index >= 15 is 0 Å². The van der Waals surface area contributed by atoms with E-state index in [1.54, 1.807) is 31.2 Å². The van der Waals surface area contributed by atoms with Gasteiger partial charge in [-0.1, -0.05) is 11.3 Å². The maximum Gasteiger partial charge on any atom is 0.329 e. The Hall–Kier alpha value is -2.93. The summed E-state index contributed by atoms with van der Waals surface area (Å²) in [6.45, 7) is 2.74. The number of H-pyrrole nitrogens is 1. The number of aromatic nitrogens is 3. The summed E-state index contributed by atoms with van der Waals surface area (Å²) in [5.41, 5.74) is 2.00. The predicted molar refractivity (Wildman–Crippen MR) is 141 cm³/mol. The molecule has 1 atom stereocenters. The van der Waals surface area contributed by atoms with Gasteiger partial charge in [0.05, 0.1) is 16.0 Å². The van der Waals surface area contributed by atoms with Gasteiger partial charge in [0.2, 0.25) is 0 Å². The van der Waals surface area contributed by atoms with Crippen molar-refractivity contribution < 1.29 is 17.5 Å². The van der Waals surface area contributed by atoms with Crippen LogP contribution in [-0.4, -0.2) is 53.1 Å². The Morgan fingerprint density at radius 1 is 1.19 bits per heavy atom. The number of halogens is 2. The quantitative estimate of drug-likeness (QED) is 0.115. The van der Waals surface area contributed by atoms with E-state index in [-0.39, 0.29) is 27.8 Å². The number of benzene rings is 1. The zero-order chi connectivity index (χ0) is 25.9. The lowest BCUT2D eigenvalue weighted by molar-refractivity contribution is -0.380. The molecule has 3 aromatic heterocycles. The smallest absolute Gasteiger partial charge is 0.329 e. The van der Waals surface area contributed by atoms with Gasteiger partial charge in [0.25, 0.3) is 0 Å². The number of pyridine rings is 1. The van der Waals surface area contributed by atoms with Crippen LogP contribution in [-0.2, 0) is 10.1 Å². The normalized spacial score (nSPS) is 12.5. The van der Waals surface area contributed by atoms with Crippen LogP contribution in [0.1, 0.15) is 22.2 Å². The Labute approximate surface area is 221 Å². The van der Waals surface area contributed by atoms with Crippen molar-refractivity contribution in [2.45, 2.75) is 12.2 Å². The lowest BCUT2D eigenvalue weighted by atomic mass is 10.1. The van der Waals surface area contributed by atoms with Crippen molar-refractivity contribution in [3.8, 4) is 5.75 Å². The standard InChI is InChI=1S/C22H21Cl2N5O5S2/c1-14-13-35-22(29(30)31)18(14)19(21-26-17-3-2-10-25-20(17)27-21)36(32,33)34-16-6-4-15(5-7-16)28(11-8-23)12-9-24/h2-7,10,13,19H,8-9,11-12H2,1H3,(H,25,26,27). The second-order valence-corrected chi connectivity index (χ2v) is 10.9. The van der Waals surface area contributed by atoms with E-state index in [0.717, 1.165) is 17.0 Å². The molecular weight excluding hydrogens is 549 g/mol. The topological polar surface area (TPSA) is 131 Å². The number of nitrogens with one attached hydrogen (secondary N) is 1.